The van der Waals surface area contributed by atoms with Crippen molar-refractivity contribution in [3.8, 4) is 22.5 Å². The standard InChI is InChI=1S/C15H10Cl2N2O/c16-11-8-4-7-10(13(11)17)14-12(15(18)19-20-14)9-5-2-1-3-6-9/h1-8H,(H2,18,19). The third-order valence-corrected chi connectivity index (χ3v) is 3.80. The first kappa shape index (κ1) is 13.0. The minimum absolute atomic E-state index is 0.322. The Morgan fingerprint density at radius 2 is 1.70 bits per heavy atom. The predicted octanol–water partition coefficient (Wildman–Crippen LogP) is 4.90. The van der Waals surface area contributed by atoms with Crippen LogP contribution in [0.25, 0.3) is 22.5 Å². The van der Waals surface area contributed by atoms with Gasteiger partial charge in [0.1, 0.15) is 0 Å². The van der Waals surface area contributed by atoms with Crippen LogP contribution in [0.15, 0.2) is 53.1 Å². The second-order valence-corrected chi connectivity index (χ2v) is 5.02. The molecule has 0 saturated heterocycles. The number of hydrogen-bond donors (Lipinski definition) is 1. The van der Waals surface area contributed by atoms with Crippen LogP contribution in [0, 0.1) is 0 Å². The molecule has 0 amide bonds. The molecule has 0 saturated carbocycles. The van der Waals surface area contributed by atoms with Crippen molar-refractivity contribution < 1.29 is 4.52 Å². The SMILES string of the molecule is Nc1noc(-c2cccc(Cl)c2Cl)c1-c1ccccc1. The Balaban J connectivity index is 2.24. The Morgan fingerprint density at radius 1 is 0.950 bits per heavy atom. The Morgan fingerprint density at radius 3 is 2.45 bits per heavy atom. The Bertz CT molecular complexity index is 754. The van der Waals surface area contributed by atoms with E-state index in [0.717, 1.165) is 11.1 Å². The number of rotatable bonds is 2. The van der Waals surface area contributed by atoms with E-state index in [2.05, 4.69) is 5.16 Å². The summed E-state index contributed by atoms with van der Waals surface area (Å²) in [5.41, 5.74) is 8.22. The van der Waals surface area contributed by atoms with E-state index in [0.29, 0.717) is 27.2 Å². The molecule has 5 heteroatoms. The third kappa shape index (κ3) is 2.15. The van der Waals surface area contributed by atoms with Crippen molar-refractivity contribution in [1.82, 2.24) is 5.16 Å². The molecule has 0 unspecified atom stereocenters. The van der Waals surface area contributed by atoms with Gasteiger partial charge < -0.3 is 10.3 Å². The highest BCUT2D eigenvalue weighted by molar-refractivity contribution is 6.43. The number of nitrogen functional groups attached to an aromatic ring is 1. The monoisotopic (exact) mass is 304 g/mol. The lowest BCUT2D eigenvalue weighted by Gasteiger charge is -2.05. The topological polar surface area (TPSA) is 52.0 Å². The van der Waals surface area contributed by atoms with Crippen LogP contribution in [0.5, 0.6) is 0 Å². The average Bonchev–Trinajstić information content (AvgIpc) is 2.84. The summed E-state index contributed by atoms with van der Waals surface area (Å²) in [4.78, 5) is 0. The van der Waals surface area contributed by atoms with Gasteiger partial charge in [-0.15, -0.1) is 0 Å². The maximum absolute atomic E-state index is 6.24. The van der Waals surface area contributed by atoms with E-state index >= 15 is 0 Å². The molecule has 2 aromatic carbocycles. The van der Waals surface area contributed by atoms with Crippen LogP contribution < -0.4 is 5.73 Å². The molecule has 3 nitrogen and oxygen atoms in total. The predicted molar refractivity (Wildman–Crippen MR) is 81.8 cm³/mol. The van der Waals surface area contributed by atoms with E-state index in [4.69, 9.17) is 33.5 Å². The van der Waals surface area contributed by atoms with Crippen LogP contribution in [0.4, 0.5) is 5.82 Å². The molecule has 0 radical (unpaired) electrons. The molecule has 0 atom stereocenters. The number of aromatic nitrogens is 1. The first-order chi connectivity index (χ1) is 9.68. The molecule has 0 aliphatic carbocycles. The molecule has 3 aromatic rings. The Hall–Kier alpha value is -1.97. The largest absolute Gasteiger partial charge is 0.380 e. The lowest BCUT2D eigenvalue weighted by Crippen LogP contribution is -1.89. The number of nitrogens with zero attached hydrogens (tertiary/aromatic N) is 1. The van der Waals surface area contributed by atoms with E-state index in [1.807, 2.05) is 36.4 Å². The van der Waals surface area contributed by atoms with Gasteiger partial charge in [0.15, 0.2) is 11.6 Å². The van der Waals surface area contributed by atoms with E-state index < -0.39 is 0 Å². The number of halogens is 2. The Labute approximate surface area is 125 Å². The fraction of sp³-hybridized carbons (Fsp3) is 0. The summed E-state index contributed by atoms with van der Waals surface area (Å²) in [5, 5.41) is 4.72. The molecule has 0 bridgehead atoms. The van der Waals surface area contributed by atoms with Gasteiger partial charge in [0.2, 0.25) is 0 Å². The normalized spacial score (nSPS) is 10.7. The molecule has 1 heterocycles. The van der Waals surface area contributed by atoms with Crippen LogP contribution in [0.1, 0.15) is 0 Å². The highest BCUT2D eigenvalue weighted by atomic mass is 35.5. The first-order valence-corrected chi connectivity index (χ1v) is 6.69. The van der Waals surface area contributed by atoms with Gasteiger partial charge >= 0.3 is 0 Å². The summed E-state index contributed by atoms with van der Waals surface area (Å²) >= 11 is 12.3. The number of hydrogen-bond acceptors (Lipinski definition) is 3. The molecule has 3 rings (SSSR count). The Kier molecular flexibility index (Phi) is 3.38. The minimum atomic E-state index is 0.322. The van der Waals surface area contributed by atoms with Gasteiger partial charge in [-0.25, -0.2) is 0 Å². The van der Waals surface area contributed by atoms with Crippen molar-refractivity contribution >= 4 is 29.0 Å². The zero-order valence-corrected chi connectivity index (χ0v) is 11.8. The maximum Gasteiger partial charge on any atom is 0.178 e. The summed E-state index contributed by atoms with van der Waals surface area (Å²) in [5.74, 6) is 0.837. The average molecular weight is 305 g/mol. The molecule has 0 aliphatic rings. The number of benzene rings is 2. The van der Waals surface area contributed by atoms with E-state index in [-0.39, 0.29) is 0 Å². The van der Waals surface area contributed by atoms with Crippen molar-refractivity contribution in [2.24, 2.45) is 0 Å². The lowest BCUT2D eigenvalue weighted by atomic mass is 10.0. The highest BCUT2D eigenvalue weighted by Gasteiger charge is 2.20. The molecule has 100 valence electrons. The molecule has 1 aromatic heterocycles. The van der Waals surface area contributed by atoms with Crippen molar-refractivity contribution in [3.63, 3.8) is 0 Å². The molecule has 0 fully saturated rings. The van der Waals surface area contributed by atoms with Crippen LogP contribution >= 0.6 is 23.2 Å². The second kappa shape index (κ2) is 5.19. The quantitative estimate of drug-likeness (QED) is 0.732. The van der Waals surface area contributed by atoms with E-state index in [1.54, 1.807) is 12.1 Å². The molecule has 20 heavy (non-hydrogen) atoms. The van der Waals surface area contributed by atoms with Gasteiger partial charge in [0.25, 0.3) is 0 Å². The van der Waals surface area contributed by atoms with E-state index in [9.17, 15) is 0 Å². The second-order valence-electron chi connectivity index (χ2n) is 4.24. The molecular formula is C15H10Cl2N2O. The molecule has 2 N–H and O–H groups in total. The highest BCUT2D eigenvalue weighted by Crippen LogP contribution is 2.41. The van der Waals surface area contributed by atoms with Gasteiger partial charge in [-0.05, 0) is 17.7 Å². The van der Waals surface area contributed by atoms with Crippen LogP contribution in [-0.4, -0.2) is 5.16 Å². The summed E-state index contributed by atoms with van der Waals surface area (Å²) in [7, 11) is 0. The summed E-state index contributed by atoms with van der Waals surface area (Å²) < 4.78 is 5.35. The van der Waals surface area contributed by atoms with E-state index in [1.165, 1.54) is 0 Å². The summed E-state index contributed by atoms with van der Waals surface area (Å²) in [6.07, 6.45) is 0. The molecular weight excluding hydrogens is 295 g/mol. The molecule has 0 aliphatic heterocycles. The van der Waals surface area contributed by atoms with Crippen molar-refractivity contribution in [2.75, 3.05) is 5.73 Å². The first-order valence-electron chi connectivity index (χ1n) is 5.93. The van der Waals surface area contributed by atoms with Crippen molar-refractivity contribution in [3.05, 3.63) is 58.6 Å². The van der Waals surface area contributed by atoms with Crippen LogP contribution in [0.3, 0.4) is 0 Å². The zero-order valence-electron chi connectivity index (χ0n) is 10.3. The van der Waals surface area contributed by atoms with Crippen molar-refractivity contribution in [1.29, 1.82) is 0 Å². The zero-order chi connectivity index (χ0) is 14.1. The smallest absolute Gasteiger partial charge is 0.178 e. The number of anilines is 1. The van der Waals surface area contributed by atoms with Gasteiger partial charge in [-0.1, -0.05) is 64.8 Å². The van der Waals surface area contributed by atoms with Crippen LogP contribution in [0.2, 0.25) is 10.0 Å². The minimum Gasteiger partial charge on any atom is -0.380 e. The van der Waals surface area contributed by atoms with Crippen LogP contribution in [-0.2, 0) is 0 Å². The van der Waals surface area contributed by atoms with Gasteiger partial charge in [0, 0.05) is 5.56 Å². The van der Waals surface area contributed by atoms with Gasteiger partial charge in [-0.2, -0.15) is 0 Å². The lowest BCUT2D eigenvalue weighted by molar-refractivity contribution is 0.436. The van der Waals surface area contributed by atoms with Gasteiger partial charge in [0.05, 0.1) is 15.6 Å². The van der Waals surface area contributed by atoms with Gasteiger partial charge in [-0.3, -0.25) is 0 Å². The van der Waals surface area contributed by atoms with Crippen molar-refractivity contribution in [2.45, 2.75) is 0 Å². The fourth-order valence-corrected chi connectivity index (χ4v) is 2.44. The third-order valence-electron chi connectivity index (χ3n) is 2.98. The summed E-state index contributed by atoms with van der Waals surface area (Å²) in [6.45, 7) is 0. The maximum atomic E-state index is 6.24. The fourth-order valence-electron chi connectivity index (χ4n) is 2.05. The number of nitrogens with two attached hydrogens (primary N) is 1. The molecule has 0 spiro atoms. The summed E-state index contributed by atoms with van der Waals surface area (Å²) in [6, 6.07) is 15.0.